The van der Waals surface area contributed by atoms with Gasteiger partial charge in [-0.2, -0.15) is 13.2 Å². The molecule has 0 saturated heterocycles. The maximum atomic E-state index is 12.6. The van der Waals surface area contributed by atoms with Gasteiger partial charge >= 0.3 is 6.18 Å². The first-order chi connectivity index (χ1) is 10.7. The van der Waals surface area contributed by atoms with Gasteiger partial charge in [-0.3, -0.25) is 9.19 Å². The van der Waals surface area contributed by atoms with E-state index in [0.29, 0.717) is 11.4 Å². The standard InChI is InChI=1S/C16H18F3NO2S/c1-10-8-20-14(11(2)15(10)22-3)9-23(21)13-6-4-12(5-7-13)16(17,18)19/h4-6,8,13H,7,9H2,1-3H3. The molecule has 1 aromatic heterocycles. The lowest BCUT2D eigenvalue weighted by Gasteiger charge is -2.18. The second-order valence-corrected chi connectivity index (χ2v) is 7.02. The lowest BCUT2D eigenvalue weighted by molar-refractivity contribution is -0.0886. The number of hydrogen-bond donors (Lipinski definition) is 0. The Labute approximate surface area is 135 Å². The summed E-state index contributed by atoms with van der Waals surface area (Å²) in [6.45, 7) is 3.71. The number of rotatable bonds is 4. The molecule has 23 heavy (non-hydrogen) atoms. The molecule has 2 unspecified atom stereocenters. The van der Waals surface area contributed by atoms with Gasteiger partial charge in [-0.1, -0.05) is 18.2 Å². The van der Waals surface area contributed by atoms with Crippen molar-refractivity contribution in [1.29, 1.82) is 0 Å². The van der Waals surface area contributed by atoms with E-state index < -0.39 is 27.8 Å². The predicted octanol–water partition coefficient (Wildman–Crippen LogP) is 3.77. The molecule has 126 valence electrons. The summed E-state index contributed by atoms with van der Waals surface area (Å²) in [6.07, 6.45) is 0.877. The average molecular weight is 345 g/mol. The van der Waals surface area contributed by atoms with Crippen molar-refractivity contribution < 1.29 is 22.1 Å². The number of methoxy groups -OCH3 is 1. The molecule has 2 atom stereocenters. The quantitative estimate of drug-likeness (QED) is 0.834. The van der Waals surface area contributed by atoms with Crippen LogP contribution < -0.4 is 4.74 Å². The van der Waals surface area contributed by atoms with Gasteiger partial charge in [0.05, 0.1) is 29.4 Å². The van der Waals surface area contributed by atoms with Crippen LogP contribution in [0, 0.1) is 13.8 Å². The summed E-state index contributed by atoms with van der Waals surface area (Å²) in [5.74, 6) is 0.887. The molecular weight excluding hydrogens is 327 g/mol. The molecule has 0 amide bonds. The average Bonchev–Trinajstić information content (AvgIpc) is 2.50. The van der Waals surface area contributed by atoms with Gasteiger partial charge in [0.25, 0.3) is 0 Å². The predicted molar refractivity (Wildman–Crippen MR) is 83.8 cm³/mol. The molecule has 0 N–H and O–H groups in total. The minimum atomic E-state index is -4.36. The number of halogens is 3. The summed E-state index contributed by atoms with van der Waals surface area (Å²) in [5, 5.41) is -0.436. The number of hydrogen-bond acceptors (Lipinski definition) is 3. The Kier molecular flexibility index (Phi) is 5.29. The lowest BCUT2D eigenvalue weighted by atomic mass is 10.1. The number of pyridine rings is 1. The van der Waals surface area contributed by atoms with Crippen LogP contribution in [-0.2, 0) is 16.6 Å². The van der Waals surface area contributed by atoms with Crippen molar-refractivity contribution in [3.05, 3.63) is 46.8 Å². The molecule has 1 aliphatic rings. The Bertz CT molecular complexity index is 681. The van der Waals surface area contributed by atoms with E-state index >= 15 is 0 Å². The van der Waals surface area contributed by atoms with Gasteiger partial charge < -0.3 is 4.74 Å². The highest BCUT2D eigenvalue weighted by atomic mass is 32.2. The Morgan fingerprint density at radius 2 is 2.09 bits per heavy atom. The number of nitrogens with zero attached hydrogens (tertiary/aromatic N) is 1. The largest absolute Gasteiger partial charge is 0.496 e. The molecule has 0 saturated carbocycles. The lowest BCUT2D eigenvalue weighted by Crippen LogP contribution is -2.20. The molecule has 0 aliphatic heterocycles. The van der Waals surface area contributed by atoms with Crippen LogP contribution in [0.4, 0.5) is 13.2 Å². The van der Waals surface area contributed by atoms with E-state index in [0.717, 1.165) is 23.3 Å². The summed E-state index contributed by atoms with van der Waals surface area (Å²) < 4.78 is 55.5. The molecule has 3 nitrogen and oxygen atoms in total. The van der Waals surface area contributed by atoms with E-state index in [1.54, 1.807) is 13.3 Å². The Morgan fingerprint density at radius 3 is 2.61 bits per heavy atom. The minimum absolute atomic E-state index is 0.111. The molecule has 0 fully saturated rings. The van der Waals surface area contributed by atoms with Gasteiger partial charge in [-0.05, 0) is 20.3 Å². The molecule has 0 aromatic carbocycles. The van der Waals surface area contributed by atoms with Crippen LogP contribution >= 0.6 is 0 Å². The highest BCUT2D eigenvalue weighted by Crippen LogP contribution is 2.31. The van der Waals surface area contributed by atoms with Crippen LogP contribution in [0.1, 0.15) is 23.2 Å². The third-order valence-electron chi connectivity index (χ3n) is 3.75. The molecule has 0 radical (unpaired) electrons. The minimum Gasteiger partial charge on any atom is -0.496 e. The van der Waals surface area contributed by atoms with Crippen molar-refractivity contribution in [2.75, 3.05) is 7.11 Å². The summed E-state index contributed by atoms with van der Waals surface area (Å²) in [4.78, 5) is 4.28. The Balaban J connectivity index is 2.10. The first-order valence-electron chi connectivity index (χ1n) is 7.05. The van der Waals surface area contributed by atoms with Crippen LogP contribution in [0.25, 0.3) is 0 Å². The first-order valence-corrected chi connectivity index (χ1v) is 8.44. The fraction of sp³-hybridized carbons (Fsp3) is 0.438. The van der Waals surface area contributed by atoms with Gasteiger partial charge in [-0.25, -0.2) is 0 Å². The van der Waals surface area contributed by atoms with Gasteiger partial charge in [-0.15, -0.1) is 0 Å². The number of alkyl halides is 3. The van der Waals surface area contributed by atoms with Gasteiger partial charge in [0.1, 0.15) is 5.75 Å². The van der Waals surface area contributed by atoms with Gasteiger partial charge in [0, 0.05) is 28.1 Å². The highest BCUT2D eigenvalue weighted by molar-refractivity contribution is 7.85. The molecule has 7 heteroatoms. The van der Waals surface area contributed by atoms with Crippen LogP contribution in [0.5, 0.6) is 5.75 Å². The molecule has 0 bridgehead atoms. The SMILES string of the molecule is COc1c(C)cnc(CS(=O)C2C=CC(C(F)(F)F)=CC2)c1C. The molecular formula is C16H18F3NO2S. The van der Waals surface area contributed by atoms with Crippen LogP contribution in [0.2, 0.25) is 0 Å². The van der Waals surface area contributed by atoms with Crippen LogP contribution in [0.15, 0.2) is 30.0 Å². The number of allylic oxidation sites excluding steroid dienone is 3. The molecule has 1 aromatic rings. The van der Waals surface area contributed by atoms with Crippen molar-refractivity contribution in [1.82, 2.24) is 4.98 Å². The molecule has 0 spiro atoms. The second kappa shape index (κ2) is 6.86. The van der Waals surface area contributed by atoms with Gasteiger partial charge in [0.15, 0.2) is 0 Å². The van der Waals surface area contributed by atoms with Crippen molar-refractivity contribution >= 4 is 10.8 Å². The van der Waals surface area contributed by atoms with Crippen LogP contribution in [0.3, 0.4) is 0 Å². The van der Waals surface area contributed by atoms with Crippen LogP contribution in [-0.4, -0.2) is 27.7 Å². The summed E-state index contributed by atoms with van der Waals surface area (Å²) >= 11 is 0. The third-order valence-corrected chi connectivity index (χ3v) is 5.34. The first kappa shape index (κ1) is 17.7. The maximum Gasteiger partial charge on any atom is 0.416 e. The summed E-state index contributed by atoms with van der Waals surface area (Å²) in [7, 11) is 0.216. The topological polar surface area (TPSA) is 39.2 Å². The fourth-order valence-corrected chi connectivity index (χ4v) is 3.80. The molecule has 1 heterocycles. The van der Waals surface area contributed by atoms with E-state index in [1.807, 2.05) is 13.8 Å². The molecule has 2 rings (SSSR count). The van der Waals surface area contributed by atoms with Crippen molar-refractivity contribution in [3.8, 4) is 5.75 Å². The zero-order chi connectivity index (χ0) is 17.2. The van der Waals surface area contributed by atoms with E-state index in [1.165, 1.54) is 6.08 Å². The van der Waals surface area contributed by atoms with Gasteiger partial charge in [0.2, 0.25) is 0 Å². The zero-order valence-corrected chi connectivity index (χ0v) is 13.9. The van der Waals surface area contributed by atoms with Crippen molar-refractivity contribution in [3.63, 3.8) is 0 Å². The van der Waals surface area contributed by atoms with E-state index in [2.05, 4.69) is 4.98 Å². The van der Waals surface area contributed by atoms with Crippen molar-refractivity contribution in [2.24, 2.45) is 0 Å². The van der Waals surface area contributed by atoms with E-state index in [9.17, 15) is 17.4 Å². The number of aromatic nitrogens is 1. The second-order valence-electron chi connectivity index (χ2n) is 5.36. The Morgan fingerprint density at radius 1 is 1.39 bits per heavy atom. The zero-order valence-electron chi connectivity index (χ0n) is 13.1. The molecule has 1 aliphatic carbocycles. The summed E-state index contributed by atoms with van der Waals surface area (Å²) in [5.41, 5.74) is 1.66. The highest BCUT2D eigenvalue weighted by Gasteiger charge is 2.33. The normalized spacial score (nSPS) is 19.4. The monoisotopic (exact) mass is 345 g/mol. The Hall–Kier alpha value is -1.63. The summed E-state index contributed by atoms with van der Waals surface area (Å²) in [6, 6.07) is 0. The van der Waals surface area contributed by atoms with E-state index in [4.69, 9.17) is 4.74 Å². The maximum absolute atomic E-state index is 12.6. The third kappa shape index (κ3) is 4.02. The van der Waals surface area contributed by atoms with E-state index in [-0.39, 0.29) is 12.2 Å². The number of aryl methyl sites for hydroxylation is 1. The number of ether oxygens (including phenoxy) is 1. The van der Waals surface area contributed by atoms with Crippen molar-refractivity contribution in [2.45, 2.75) is 37.4 Å². The fourth-order valence-electron chi connectivity index (χ4n) is 2.46. The smallest absolute Gasteiger partial charge is 0.416 e.